The van der Waals surface area contributed by atoms with Crippen LogP contribution in [0.25, 0.3) is 11.1 Å². The third-order valence-electron chi connectivity index (χ3n) is 4.15. The average Bonchev–Trinajstić information content (AvgIpc) is 2.60. The maximum absolute atomic E-state index is 13.5. The summed E-state index contributed by atoms with van der Waals surface area (Å²) in [6.07, 6.45) is 1.72. The fourth-order valence-electron chi connectivity index (χ4n) is 2.87. The number of rotatable bonds is 3. The van der Waals surface area contributed by atoms with Crippen molar-refractivity contribution in [3.8, 4) is 11.1 Å². The van der Waals surface area contributed by atoms with Crippen molar-refractivity contribution in [2.75, 3.05) is 18.4 Å². The van der Waals surface area contributed by atoms with Crippen molar-refractivity contribution in [2.24, 2.45) is 5.92 Å². The molecule has 1 heterocycles. The number of nitrogens with one attached hydrogen (secondary N) is 2. The molecule has 1 aliphatic heterocycles. The molecule has 0 saturated carbocycles. The molecular formula is C18H17F3N2O. The van der Waals surface area contributed by atoms with Gasteiger partial charge in [0.25, 0.3) is 0 Å². The van der Waals surface area contributed by atoms with E-state index in [0.717, 1.165) is 31.5 Å². The fraction of sp³-hybridized carbons (Fsp3) is 0.278. The van der Waals surface area contributed by atoms with Gasteiger partial charge in [0.1, 0.15) is 0 Å². The molecular weight excluding hydrogens is 317 g/mol. The van der Waals surface area contributed by atoms with Gasteiger partial charge in [-0.25, -0.2) is 13.2 Å². The second-order valence-electron chi connectivity index (χ2n) is 5.83. The van der Waals surface area contributed by atoms with E-state index in [1.807, 2.05) is 0 Å². The molecule has 2 aromatic carbocycles. The lowest BCUT2D eigenvalue weighted by atomic mass is 9.98. The zero-order chi connectivity index (χ0) is 17.1. The van der Waals surface area contributed by atoms with Gasteiger partial charge in [0.2, 0.25) is 5.91 Å². The van der Waals surface area contributed by atoms with Crippen LogP contribution in [0, 0.1) is 23.4 Å². The van der Waals surface area contributed by atoms with Crippen molar-refractivity contribution in [3.05, 3.63) is 53.8 Å². The molecule has 1 fully saturated rings. The van der Waals surface area contributed by atoms with Gasteiger partial charge < -0.3 is 10.6 Å². The Morgan fingerprint density at radius 3 is 2.50 bits per heavy atom. The highest BCUT2D eigenvalue weighted by molar-refractivity contribution is 5.97. The molecule has 1 atom stereocenters. The minimum Gasteiger partial charge on any atom is -0.325 e. The van der Waals surface area contributed by atoms with Crippen LogP contribution in [0.2, 0.25) is 0 Å². The smallest absolute Gasteiger partial charge is 0.228 e. The van der Waals surface area contributed by atoms with Crippen LogP contribution in [0.15, 0.2) is 36.4 Å². The number of carbonyl (C=O) groups excluding carboxylic acids is 1. The van der Waals surface area contributed by atoms with E-state index in [-0.39, 0.29) is 17.4 Å². The third kappa shape index (κ3) is 3.43. The first-order chi connectivity index (χ1) is 11.6. The molecule has 0 bridgehead atoms. The molecule has 0 aromatic heterocycles. The number of carbonyl (C=O) groups is 1. The van der Waals surface area contributed by atoms with Crippen LogP contribution >= 0.6 is 0 Å². The van der Waals surface area contributed by atoms with Gasteiger partial charge in [-0.1, -0.05) is 18.2 Å². The molecule has 0 aliphatic carbocycles. The highest BCUT2D eigenvalue weighted by Crippen LogP contribution is 2.30. The molecule has 0 spiro atoms. The van der Waals surface area contributed by atoms with Crippen LogP contribution < -0.4 is 10.6 Å². The van der Waals surface area contributed by atoms with Gasteiger partial charge >= 0.3 is 0 Å². The SMILES string of the molecule is O=C(Nc1ccccc1-c1cc(F)c(F)c(F)c1)C1CCCNC1. The van der Waals surface area contributed by atoms with Gasteiger partial charge in [0.05, 0.1) is 5.92 Å². The zero-order valence-corrected chi connectivity index (χ0v) is 12.9. The lowest BCUT2D eigenvalue weighted by molar-refractivity contribution is -0.120. The second kappa shape index (κ2) is 7.05. The summed E-state index contributed by atoms with van der Waals surface area (Å²) >= 11 is 0. The molecule has 1 aliphatic rings. The average molecular weight is 334 g/mol. The van der Waals surface area contributed by atoms with E-state index in [2.05, 4.69) is 10.6 Å². The van der Waals surface area contributed by atoms with Gasteiger partial charge in [-0.3, -0.25) is 4.79 Å². The van der Waals surface area contributed by atoms with E-state index >= 15 is 0 Å². The molecule has 0 radical (unpaired) electrons. The number of piperidine rings is 1. The minimum absolute atomic E-state index is 0.141. The normalized spacial score (nSPS) is 17.5. The molecule has 6 heteroatoms. The maximum Gasteiger partial charge on any atom is 0.228 e. The number of hydrogen-bond acceptors (Lipinski definition) is 2. The van der Waals surface area contributed by atoms with E-state index in [0.29, 0.717) is 17.8 Å². The van der Waals surface area contributed by atoms with E-state index in [1.54, 1.807) is 24.3 Å². The molecule has 1 amide bonds. The van der Waals surface area contributed by atoms with Gasteiger partial charge in [-0.15, -0.1) is 0 Å². The monoisotopic (exact) mass is 334 g/mol. The molecule has 2 N–H and O–H groups in total. The molecule has 1 unspecified atom stereocenters. The standard InChI is InChI=1S/C18H17F3N2O/c19-14-8-12(9-15(20)17(14)21)13-5-1-2-6-16(13)23-18(24)11-4-3-7-22-10-11/h1-2,5-6,8-9,11,22H,3-4,7,10H2,(H,23,24). The summed E-state index contributed by atoms with van der Waals surface area (Å²) in [6, 6.07) is 8.53. The first kappa shape index (κ1) is 16.5. The van der Waals surface area contributed by atoms with Gasteiger partial charge in [-0.2, -0.15) is 0 Å². The number of benzene rings is 2. The Hall–Kier alpha value is -2.34. The summed E-state index contributed by atoms with van der Waals surface area (Å²) in [6.45, 7) is 1.50. The third-order valence-corrected chi connectivity index (χ3v) is 4.15. The summed E-state index contributed by atoms with van der Waals surface area (Å²) in [7, 11) is 0. The molecule has 2 aromatic rings. The zero-order valence-electron chi connectivity index (χ0n) is 12.9. The Morgan fingerprint density at radius 2 is 1.83 bits per heavy atom. The van der Waals surface area contributed by atoms with Crippen molar-refractivity contribution in [3.63, 3.8) is 0 Å². The molecule has 126 valence electrons. The number of para-hydroxylation sites is 1. The minimum atomic E-state index is -1.51. The quantitative estimate of drug-likeness (QED) is 0.840. The highest BCUT2D eigenvalue weighted by atomic mass is 19.2. The van der Waals surface area contributed by atoms with Crippen molar-refractivity contribution < 1.29 is 18.0 Å². The number of anilines is 1. The Morgan fingerprint density at radius 1 is 1.12 bits per heavy atom. The Bertz CT molecular complexity index is 735. The van der Waals surface area contributed by atoms with Crippen LogP contribution in [0.1, 0.15) is 12.8 Å². The predicted molar refractivity (Wildman–Crippen MR) is 86.0 cm³/mol. The topological polar surface area (TPSA) is 41.1 Å². The molecule has 24 heavy (non-hydrogen) atoms. The van der Waals surface area contributed by atoms with Crippen LogP contribution in [0.5, 0.6) is 0 Å². The van der Waals surface area contributed by atoms with Crippen LogP contribution in [0.3, 0.4) is 0 Å². The van der Waals surface area contributed by atoms with Gasteiger partial charge in [0.15, 0.2) is 17.5 Å². The highest BCUT2D eigenvalue weighted by Gasteiger charge is 2.22. The number of hydrogen-bond donors (Lipinski definition) is 2. The predicted octanol–water partition coefficient (Wildman–Crippen LogP) is 3.71. The van der Waals surface area contributed by atoms with Gasteiger partial charge in [-0.05, 0) is 43.1 Å². The van der Waals surface area contributed by atoms with Crippen molar-refractivity contribution in [2.45, 2.75) is 12.8 Å². The molecule has 1 saturated heterocycles. The summed E-state index contributed by atoms with van der Waals surface area (Å²) in [5, 5.41) is 5.98. The fourth-order valence-corrected chi connectivity index (χ4v) is 2.87. The Kier molecular flexibility index (Phi) is 4.85. The summed E-state index contributed by atoms with van der Waals surface area (Å²) in [5.41, 5.74) is 1.05. The first-order valence-corrected chi connectivity index (χ1v) is 7.82. The van der Waals surface area contributed by atoms with Crippen LogP contribution in [0.4, 0.5) is 18.9 Å². The van der Waals surface area contributed by atoms with Crippen LogP contribution in [-0.4, -0.2) is 19.0 Å². The largest absolute Gasteiger partial charge is 0.325 e. The molecule has 3 nitrogen and oxygen atoms in total. The second-order valence-corrected chi connectivity index (χ2v) is 5.83. The van der Waals surface area contributed by atoms with E-state index in [4.69, 9.17) is 0 Å². The van der Waals surface area contributed by atoms with Crippen molar-refractivity contribution in [1.29, 1.82) is 0 Å². The van der Waals surface area contributed by atoms with Crippen molar-refractivity contribution in [1.82, 2.24) is 5.32 Å². The maximum atomic E-state index is 13.5. The van der Waals surface area contributed by atoms with Gasteiger partial charge in [0, 0.05) is 17.8 Å². The summed E-state index contributed by atoms with van der Waals surface area (Å²) < 4.78 is 40.2. The summed E-state index contributed by atoms with van der Waals surface area (Å²) in [4.78, 5) is 12.4. The lowest BCUT2D eigenvalue weighted by Crippen LogP contribution is -2.37. The van der Waals surface area contributed by atoms with Crippen molar-refractivity contribution >= 4 is 11.6 Å². The number of halogens is 3. The number of amides is 1. The lowest BCUT2D eigenvalue weighted by Gasteiger charge is -2.22. The first-order valence-electron chi connectivity index (χ1n) is 7.82. The Labute approximate surface area is 137 Å². The van der Waals surface area contributed by atoms with E-state index in [1.165, 1.54) is 0 Å². The van der Waals surface area contributed by atoms with E-state index < -0.39 is 17.5 Å². The van der Waals surface area contributed by atoms with Crippen LogP contribution in [-0.2, 0) is 4.79 Å². The molecule has 3 rings (SSSR count). The van der Waals surface area contributed by atoms with E-state index in [9.17, 15) is 18.0 Å². The Balaban J connectivity index is 1.89. The summed E-state index contributed by atoms with van der Waals surface area (Å²) in [5.74, 6) is -4.31.